The molecule has 68 heavy (non-hydrogen) atoms. The summed E-state index contributed by atoms with van der Waals surface area (Å²) in [6, 6.07) is 58.2. The zero-order valence-corrected chi connectivity index (χ0v) is 41.7. The third-order valence-corrected chi connectivity index (χ3v) is 15.5. The van der Waals surface area contributed by atoms with Crippen LogP contribution in [0.4, 0.5) is 34.1 Å². The smallest absolute Gasteiger partial charge is 0.0544 e. The van der Waals surface area contributed by atoms with E-state index in [2.05, 4.69) is 181 Å². The number of unbranched alkanes of at least 4 members (excludes halogenated alkanes) is 12. The molecule has 0 aromatic heterocycles. The normalized spacial score (nSPS) is 14.8. The molecule has 2 heterocycles. The van der Waals surface area contributed by atoms with Crippen molar-refractivity contribution in [1.82, 2.24) is 0 Å². The largest absolute Gasteiger partial charge is 0.380 e. The Kier molecular flexibility index (Phi) is 18.4. The van der Waals surface area contributed by atoms with Crippen molar-refractivity contribution in [3.8, 4) is 11.1 Å². The minimum absolute atomic E-state index is 0.512. The second-order valence-electron chi connectivity index (χ2n) is 20.4. The molecule has 6 aromatic carbocycles. The molecule has 0 spiro atoms. The fourth-order valence-corrected chi connectivity index (χ4v) is 10.5. The summed E-state index contributed by atoms with van der Waals surface area (Å²) in [4.78, 5) is 4.74. The summed E-state index contributed by atoms with van der Waals surface area (Å²) in [6.45, 7) is 8.61. The number of hydrogen-bond acceptors (Lipinski definition) is 4. The van der Waals surface area contributed by atoms with Gasteiger partial charge in [0.05, 0.1) is 26.4 Å². The molecule has 8 rings (SSSR count). The van der Waals surface area contributed by atoms with Crippen LogP contribution in [-0.4, -0.2) is 26.4 Å². The van der Waals surface area contributed by atoms with E-state index in [1.54, 1.807) is 0 Å². The summed E-state index contributed by atoms with van der Waals surface area (Å²) in [6.07, 6.45) is 26.3. The zero-order valence-electron chi connectivity index (χ0n) is 41.7. The van der Waals surface area contributed by atoms with Crippen LogP contribution in [0.3, 0.4) is 0 Å². The van der Waals surface area contributed by atoms with Crippen molar-refractivity contribution in [2.24, 2.45) is 10.8 Å². The van der Waals surface area contributed by atoms with Crippen LogP contribution in [0.25, 0.3) is 11.1 Å². The van der Waals surface area contributed by atoms with Crippen LogP contribution in [0.1, 0.15) is 141 Å². The predicted molar refractivity (Wildman–Crippen MR) is 290 cm³/mol. The van der Waals surface area contributed by atoms with Crippen LogP contribution >= 0.6 is 0 Å². The number of benzene rings is 6. The number of anilines is 6. The minimum Gasteiger partial charge on any atom is -0.380 e. The van der Waals surface area contributed by atoms with Gasteiger partial charge in [0.25, 0.3) is 0 Å². The third kappa shape index (κ3) is 13.5. The van der Waals surface area contributed by atoms with Crippen LogP contribution in [0.5, 0.6) is 0 Å². The maximum atomic E-state index is 5.51. The van der Waals surface area contributed by atoms with E-state index in [1.807, 2.05) is 0 Å². The van der Waals surface area contributed by atoms with Gasteiger partial charge in [-0.15, -0.1) is 0 Å². The Morgan fingerprint density at radius 1 is 0.324 bits per heavy atom. The average Bonchev–Trinajstić information content (AvgIpc) is 3.36. The lowest BCUT2D eigenvalue weighted by Gasteiger charge is -2.41. The molecule has 0 bridgehead atoms. The molecule has 0 N–H and O–H groups in total. The molecule has 0 atom stereocenters. The van der Waals surface area contributed by atoms with Gasteiger partial charge in [-0.2, -0.15) is 0 Å². The van der Waals surface area contributed by atoms with Crippen LogP contribution < -0.4 is 9.80 Å². The highest BCUT2D eigenvalue weighted by molar-refractivity contribution is 5.80. The van der Waals surface area contributed by atoms with Crippen molar-refractivity contribution in [1.29, 1.82) is 0 Å². The van der Waals surface area contributed by atoms with E-state index < -0.39 is 0 Å². The Morgan fingerprint density at radius 2 is 0.603 bits per heavy atom. The SMILES string of the molecule is CCC1(CCCCCCCCCc2ccc(N(c3ccccc3)c3ccc(-c4ccc(N(c5ccccc5)c5ccc(CCCCCCCCCC6(CC)COC6)cc5)cc4)cc3)cc2)COC1. The second kappa shape index (κ2) is 25.4. The van der Waals surface area contributed by atoms with E-state index in [9.17, 15) is 0 Å². The fraction of sp³-hybridized carbons (Fsp3) is 0.438. The van der Waals surface area contributed by atoms with Crippen LogP contribution in [-0.2, 0) is 22.3 Å². The third-order valence-electron chi connectivity index (χ3n) is 15.5. The Hall–Kier alpha value is -5.16. The molecule has 6 aromatic rings. The van der Waals surface area contributed by atoms with Crippen LogP contribution in [0.2, 0.25) is 0 Å². The Labute approximate surface area is 411 Å². The van der Waals surface area contributed by atoms with Crippen molar-refractivity contribution < 1.29 is 9.47 Å². The van der Waals surface area contributed by atoms with E-state index in [0.29, 0.717) is 10.8 Å². The molecule has 2 aliphatic heterocycles. The molecule has 2 saturated heterocycles. The Morgan fingerprint density at radius 3 is 0.897 bits per heavy atom. The highest BCUT2D eigenvalue weighted by atomic mass is 16.5. The predicted octanol–water partition coefficient (Wildman–Crippen LogP) is 18.5. The van der Waals surface area contributed by atoms with Crippen molar-refractivity contribution >= 4 is 34.1 Å². The van der Waals surface area contributed by atoms with Crippen molar-refractivity contribution in [3.63, 3.8) is 0 Å². The lowest BCUT2D eigenvalue weighted by molar-refractivity contribution is -0.120. The molecule has 0 saturated carbocycles. The second-order valence-corrected chi connectivity index (χ2v) is 20.4. The van der Waals surface area contributed by atoms with Gasteiger partial charge in [-0.3, -0.25) is 0 Å². The number of para-hydroxylation sites is 2. The maximum absolute atomic E-state index is 5.51. The topological polar surface area (TPSA) is 24.9 Å². The molecule has 2 fully saturated rings. The van der Waals surface area contributed by atoms with Crippen LogP contribution in [0.15, 0.2) is 158 Å². The van der Waals surface area contributed by atoms with Gasteiger partial charge in [-0.1, -0.05) is 176 Å². The summed E-state index contributed by atoms with van der Waals surface area (Å²) < 4.78 is 11.0. The molecule has 2 aliphatic rings. The van der Waals surface area contributed by atoms with Crippen molar-refractivity contribution in [3.05, 3.63) is 169 Å². The van der Waals surface area contributed by atoms with Crippen molar-refractivity contribution in [2.75, 3.05) is 36.2 Å². The van der Waals surface area contributed by atoms with Gasteiger partial charge in [0, 0.05) is 45.0 Å². The first-order valence-electron chi connectivity index (χ1n) is 26.8. The number of hydrogen-bond donors (Lipinski definition) is 0. The van der Waals surface area contributed by atoms with E-state index in [-0.39, 0.29) is 0 Å². The number of ether oxygens (including phenoxy) is 2. The lowest BCUT2D eigenvalue weighted by atomic mass is 9.78. The first kappa shape index (κ1) is 49.3. The molecular weight excluding hydrogens is 829 g/mol. The zero-order chi connectivity index (χ0) is 46.7. The molecule has 0 unspecified atom stereocenters. The maximum Gasteiger partial charge on any atom is 0.0544 e. The lowest BCUT2D eigenvalue weighted by Crippen LogP contribution is -2.41. The van der Waals surface area contributed by atoms with Gasteiger partial charge in [0.2, 0.25) is 0 Å². The van der Waals surface area contributed by atoms with E-state index >= 15 is 0 Å². The molecule has 4 nitrogen and oxygen atoms in total. The number of nitrogens with zero attached hydrogens (tertiary/aromatic N) is 2. The molecule has 0 aliphatic carbocycles. The van der Waals surface area contributed by atoms with Gasteiger partial charge in [-0.05, 0) is 146 Å². The number of rotatable bonds is 29. The van der Waals surface area contributed by atoms with Crippen LogP contribution in [0, 0.1) is 10.8 Å². The van der Waals surface area contributed by atoms with E-state index in [4.69, 9.17) is 9.47 Å². The molecule has 0 amide bonds. The Balaban J connectivity index is 0.829. The first-order valence-corrected chi connectivity index (χ1v) is 26.8. The molecule has 4 heteroatoms. The highest BCUT2D eigenvalue weighted by Gasteiger charge is 2.36. The summed E-state index contributed by atoms with van der Waals surface area (Å²) in [5.74, 6) is 0. The van der Waals surface area contributed by atoms with Gasteiger partial charge in [0.1, 0.15) is 0 Å². The van der Waals surface area contributed by atoms with Crippen molar-refractivity contribution in [2.45, 2.75) is 142 Å². The van der Waals surface area contributed by atoms with E-state index in [1.165, 1.54) is 149 Å². The molecular formula is C64H80N2O2. The summed E-state index contributed by atoms with van der Waals surface area (Å²) >= 11 is 0. The standard InChI is InChI=1S/C64H80N2O2/c1-3-63(49-67-50-63)47-23-13-9-5-7-11-17-25-53-31-39-59(40-32-53)65(57-27-19-15-20-28-57)61-43-35-55(36-44-61)56-37-45-62(46-38-56)66(58-29-21-16-22-30-58)60-41-33-54(34-42-60)26-18-12-8-6-10-14-24-48-64(4-2)51-68-52-64/h15-16,19-22,27-46H,3-14,17-18,23-26,47-52H2,1-2H3. The quantitative estimate of drug-likeness (QED) is 0.0438. The molecule has 0 radical (unpaired) electrons. The summed E-state index contributed by atoms with van der Waals surface area (Å²) in [5.41, 5.74) is 13.3. The summed E-state index contributed by atoms with van der Waals surface area (Å²) in [7, 11) is 0. The van der Waals surface area contributed by atoms with E-state index in [0.717, 1.165) is 62.0 Å². The molecule has 358 valence electrons. The minimum atomic E-state index is 0.512. The monoisotopic (exact) mass is 909 g/mol. The summed E-state index contributed by atoms with van der Waals surface area (Å²) in [5, 5.41) is 0. The highest BCUT2D eigenvalue weighted by Crippen LogP contribution is 2.40. The van der Waals surface area contributed by atoms with Gasteiger partial charge < -0.3 is 19.3 Å². The average molecular weight is 909 g/mol. The Bertz CT molecular complexity index is 2140. The van der Waals surface area contributed by atoms with Gasteiger partial charge >= 0.3 is 0 Å². The van der Waals surface area contributed by atoms with Gasteiger partial charge in [-0.25, -0.2) is 0 Å². The van der Waals surface area contributed by atoms with Gasteiger partial charge in [0.15, 0.2) is 0 Å². The fourth-order valence-electron chi connectivity index (χ4n) is 10.5. The first-order chi connectivity index (χ1) is 33.6. The number of aryl methyl sites for hydroxylation is 2.